The fourth-order valence-corrected chi connectivity index (χ4v) is 2.10. The zero-order chi connectivity index (χ0) is 14.7. The van der Waals surface area contributed by atoms with Crippen LogP contribution in [0.15, 0.2) is 18.2 Å². The molecular weight excluding hydrogens is 262 g/mol. The van der Waals surface area contributed by atoms with E-state index in [0.29, 0.717) is 30.6 Å². The molecule has 1 heterocycles. The number of amides is 1. The van der Waals surface area contributed by atoms with Crippen LogP contribution in [0.2, 0.25) is 0 Å². The standard InChI is InChI=1S/C13H15N3O4/c1-8(17)9-2-4-11(12(6-9)16(19)20)15-10-3-5-13(18)14-7-10/h2,4,6,10,15H,3,5,7H2,1H3,(H,14,18). The summed E-state index contributed by atoms with van der Waals surface area (Å²) in [4.78, 5) is 32.9. The lowest BCUT2D eigenvalue weighted by Gasteiger charge is -2.24. The van der Waals surface area contributed by atoms with E-state index in [2.05, 4.69) is 10.6 Å². The third kappa shape index (κ3) is 3.11. The number of nitro benzene ring substituents is 1. The second-order valence-electron chi connectivity index (χ2n) is 4.73. The third-order valence-corrected chi connectivity index (χ3v) is 3.23. The molecule has 106 valence electrons. The highest BCUT2D eigenvalue weighted by Gasteiger charge is 2.22. The number of carbonyl (C=O) groups is 2. The molecule has 1 saturated heterocycles. The molecule has 1 atom stereocenters. The summed E-state index contributed by atoms with van der Waals surface area (Å²) in [5.74, 6) is -0.228. The molecule has 7 heteroatoms. The van der Waals surface area contributed by atoms with E-state index in [9.17, 15) is 19.7 Å². The van der Waals surface area contributed by atoms with Gasteiger partial charge in [0.2, 0.25) is 5.91 Å². The number of Topliss-reactive ketones (excluding diaryl/α,β-unsaturated/α-hetero) is 1. The lowest BCUT2D eigenvalue weighted by Crippen LogP contribution is -2.41. The van der Waals surface area contributed by atoms with Crippen molar-refractivity contribution in [2.45, 2.75) is 25.8 Å². The molecule has 0 bridgehead atoms. The first-order valence-electron chi connectivity index (χ1n) is 6.30. The van der Waals surface area contributed by atoms with Crippen molar-refractivity contribution in [3.05, 3.63) is 33.9 Å². The normalized spacial score (nSPS) is 18.2. The van der Waals surface area contributed by atoms with E-state index < -0.39 is 4.92 Å². The minimum atomic E-state index is -0.518. The van der Waals surface area contributed by atoms with Gasteiger partial charge in [-0.15, -0.1) is 0 Å². The maximum atomic E-state index is 11.3. The zero-order valence-corrected chi connectivity index (χ0v) is 11.0. The third-order valence-electron chi connectivity index (χ3n) is 3.23. The van der Waals surface area contributed by atoms with Crippen LogP contribution >= 0.6 is 0 Å². The summed E-state index contributed by atoms with van der Waals surface area (Å²) < 4.78 is 0. The molecule has 0 aromatic heterocycles. The molecule has 1 amide bonds. The monoisotopic (exact) mass is 277 g/mol. The van der Waals surface area contributed by atoms with Crippen LogP contribution < -0.4 is 10.6 Å². The van der Waals surface area contributed by atoms with E-state index in [-0.39, 0.29) is 23.4 Å². The zero-order valence-electron chi connectivity index (χ0n) is 11.0. The molecule has 0 spiro atoms. The second-order valence-corrected chi connectivity index (χ2v) is 4.73. The van der Waals surface area contributed by atoms with Crippen LogP contribution in [0.3, 0.4) is 0 Å². The van der Waals surface area contributed by atoms with Crippen molar-refractivity contribution < 1.29 is 14.5 Å². The smallest absolute Gasteiger partial charge is 0.293 e. The molecule has 1 fully saturated rings. The Morgan fingerprint density at radius 2 is 2.25 bits per heavy atom. The number of hydrogen-bond acceptors (Lipinski definition) is 5. The number of nitro groups is 1. The predicted molar refractivity (Wildman–Crippen MR) is 72.8 cm³/mol. The van der Waals surface area contributed by atoms with Gasteiger partial charge in [0.15, 0.2) is 5.78 Å². The minimum absolute atomic E-state index is 0.00974. The second kappa shape index (κ2) is 5.68. The Bertz CT molecular complexity index is 561. The van der Waals surface area contributed by atoms with Crippen molar-refractivity contribution in [3.8, 4) is 0 Å². The SMILES string of the molecule is CC(=O)c1ccc(NC2CCC(=O)NC2)c([N+](=O)[O-])c1. The Morgan fingerprint density at radius 3 is 2.80 bits per heavy atom. The van der Waals surface area contributed by atoms with Crippen molar-refractivity contribution in [1.29, 1.82) is 0 Å². The van der Waals surface area contributed by atoms with Gasteiger partial charge in [0.1, 0.15) is 5.69 Å². The van der Waals surface area contributed by atoms with Crippen molar-refractivity contribution in [1.82, 2.24) is 5.32 Å². The molecule has 0 aliphatic carbocycles. The van der Waals surface area contributed by atoms with Crippen LogP contribution in [0.4, 0.5) is 11.4 Å². The average Bonchev–Trinajstić information content (AvgIpc) is 2.41. The number of carbonyl (C=O) groups excluding carboxylic acids is 2. The molecule has 1 unspecified atom stereocenters. The molecule has 1 aliphatic heterocycles. The lowest BCUT2D eigenvalue weighted by molar-refractivity contribution is -0.384. The molecule has 0 radical (unpaired) electrons. The van der Waals surface area contributed by atoms with Gasteiger partial charge in [-0.25, -0.2) is 0 Å². The number of hydrogen-bond donors (Lipinski definition) is 2. The molecule has 1 aromatic carbocycles. The highest BCUT2D eigenvalue weighted by molar-refractivity contribution is 5.95. The summed E-state index contributed by atoms with van der Waals surface area (Å²) in [7, 11) is 0. The van der Waals surface area contributed by atoms with E-state index in [4.69, 9.17) is 0 Å². The summed E-state index contributed by atoms with van der Waals surface area (Å²) in [6.07, 6.45) is 1.02. The summed E-state index contributed by atoms with van der Waals surface area (Å²) in [5, 5.41) is 16.8. The maximum Gasteiger partial charge on any atom is 0.293 e. The first kappa shape index (κ1) is 14.0. The maximum absolute atomic E-state index is 11.3. The van der Waals surface area contributed by atoms with Gasteiger partial charge in [0, 0.05) is 30.6 Å². The van der Waals surface area contributed by atoms with Crippen LogP contribution in [0, 0.1) is 10.1 Å². The van der Waals surface area contributed by atoms with Crippen LogP contribution in [-0.2, 0) is 4.79 Å². The number of piperidine rings is 1. The molecule has 2 rings (SSSR count). The van der Waals surface area contributed by atoms with Gasteiger partial charge in [0.05, 0.1) is 4.92 Å². The van der Waals surface area contributed by atoms with E-state index >= 15 is 0 Å². The van der Waals surface area contributed by atoms with Gasteiger partial charge in [-0.05, 0) is 25.5 Å². The van der Waals surface area contributed by atoms with Crippen LogP contribution in [0.5, 0.6) is 0 Å². The quantitative estimate of drug-likeness (QED) is 0.493. The summed E-state index contributed by atoms with van der Waals surface area (Å²) >= 11 is 0. The van der Waals surface area contributed by atoms with Gasteiger partial charge in [0.25, 0.3) is 5.69 Å². The summed E-state index contributed by atoms with van der Waals surface area (Å²) in [6, 6.07) is 4.31. The largest absolute Gasteiger partial charge is 0.375 e. The molecule has 2 N–H and O–H groups in total. The summed E-state index contributed by atoms with van der Waals surface area (Å²) in [6.45, 7) is 1.80. The van der Waals surface area contributed by atoms with Gasteiger partial charge in [-0.1, -0.05) is 0 Å². The number of ketones is 1. The van der Waals surface area contributed by atoms with Crippen molar-refractivity contribution >= 4 is 23.1 Å². The minimum Gasteiger partial charge on any atom is -0.375 e. The van der Waals surface area contributed by atoms with Crippen LogP contribution in [0.25, 0.3) is 0 Å². The van der Waals surface area contributed by atoms with Crippen molar-refractivity contribution in [2.24, 2.45) is 0 Å². The highest BCUT2D eigenvalue weighted by atomic mass is 16.6. The number of nitrogens with one attached hydrogen (secondary N) is 2. The van der Waals surface area contributed by atoms with E-state index in [0.717, 1.165) is 0 Å². The fourth-order valence-electron chi connectivity index (χ4n) is 2.10. The van der Waals surface area contributed by atoms with Gasteiger partial charge in [-0.2, -0.15) is 0 Å². The van der Waals surface area contributed by atoms with E-state index in [1.54, 1.807) is 6.07 Å². The first-order valence-corrected chi connectivity index (χ1v) is 6.30. The molecule has 0 saturated carbocycles. The number of benzene rings is 1. The predicted octanol–water partition coefficient (Wildman–Crippen LogP) is 1.49. The fraction of sp³-hybridized carbons (Fsp3) is 0.385. The van der Waals surface area contributed by atoms with E-state index in [1.807, 2.05) is 0 Å². The van der Waals surface area contributed by atoms with Gasteiger partial charge < -0.3 is 10.6 Å². The molecule has 7 nitrogen and oxygen atoms in total. The first-order chi connectivity index (χ1) is 9.47. The Morgan fingerprint density at radius 1 is 1.50 bits per heavy atom. The number of nitrogens with zero attached hydrogens (tertiary/aromatic N) is 1. The molecule has 1 aromatic rings. The van der Waals surface area contributed by atoms with Crippen molar-refractivity contribution in [3.63, 3.8) is 0 Å². The Hall–Kier alpha value is -2.44. The molecule has 20 heavy (non-hydrogen) atoms. The van der Waals surface area contributed by atoms with Crippen LogP contribution in [-0.4, -0.2) is 29.2 Å². The molecule has 1 aliphatic rings. The van der Waals surface area contributed by atoms with E-state index in [1.165, 1.54) is 19.1 Å². The lowest BCUT2D eigenvalue weighted by atomic mass is 10.1. The van der Waals surface area contributed by atoms with Crippen molar-refractivity contribution in [2.75, 3.05) is 11.9 Å². The van der Waals surface area contributed by atoms with Gasteiger partial charge in [-0.3, -0.25) is 19.7 Å². The Balaban J connectivity index is 2.20. The average molecular weight is 277 g/mol. The summed E-state index contributed by atoms with van der Waals surface area (Å²) in [5.41, 5.74) is 0.537. The number of rotatable bonds is 4. The number of anilines is 1. The Kier molecular flexibility index (Phi) is 3.97. The Labute approximate surface area is 115 Å². The van der Waals surface area contributed by atoms with Crippen LogP contribution in [0.1, 0.15) is 30.1 Å². The van der Waals surface area contributed by atoms with Gasteiger partial charge >= 0.3 is 0 Å². The highest BCUT2D eigenvalue weighted by Crippen LogP contribution is 2.27. The molecular formula is C13H15N3O4. The topological polar surface area (TPSA) is 101 Å².